The second kappa shape index (κ2) is 12.5. The lowest BCUT2D eigenvalue weighted by molar-refractivity contribution is 0.0918. The van der Waals surface area contributed by atoms with Crippen LogP contribution in [0.4, 0.5) is 0 Å². The van der Waals surface area contributed by atoms with Crippen molar-refractivity contribution in [2.24, 2.45) is 0 Å². The fourth-order valence-corrected chi connectivity index (χ4v) is 2.96. The Labute approximate surface area is 197 Å². The summed E-state index contributed by atoms with van der Waals surface area (Å²) in [5, 5.41) is 10.7. The van der Waals surface area contributed by atoms with Crippen LogP contribution >= 0.6 is 0 Å². The molecule has 0 fully saturated rings. The number of rotatable bonds is 10. The maximum atomic E-state index is 12.3. The second-order valence-corrected chi connectivity index (χ2v) is 7.16. The molecule has 1 aromatic heterocycles. The number of nitrogens with one attached hydrogen (secondary N) is 4. The van der Waals surface area contributed by atoms with E-state index >= 15 is 0 Å². The molecule has 9 nitrogen and oxygen atoms in total. The van der Waals surface area contributed by atoms with Crippen LogP contribution in [0.2, 0.25) is 0 Å². The fourth-order valence-electron chi connectivity index (χ4n) is 2.96. The van der Waals surface area contributed by atoms with Gasteiger partial charge in [-0.05, 0) is 36.4 Å². The summed E-state index contributed by atoms with van der Waals surface area (Å²) in [6, 6.07) is 22.1. The average Bonchev–Trinajstić information content (AvgIpc) is 2.89. The number of amides is 4. The Balaban J connectivity index is 1.39. The Bertz CT molecular complexity index is 1050. The Morgan fingerprint density at radius 1 is 0.471 bits per heavy atom. The molecule has 0 saturated heterocycles. The average molecular weight is 460 g/mol. The molecule has 0 aliphatic rings. The molecule has 0 aliphatic heterocycles. The van der Waals surface area contributed by atoms with Gasteiger partial charge in [0.05, 0.1) is 0 Å². The largest absolute Gasteiger partial charge is 0.350 e. The van der Waals surface area contributed by atoms with Crippen LogP contribution in [0.1, 0.15) is 41.7 Å². The Hall–Kier alpha value is -4.53. The van der Waals surface area contributed by atoms with Gasteiger partial charge in [-0.15, -0.1) is 0 Å². The lowest BCUT2D eigenvalue weighted by Crippen LogP contribution is -2.36. The van der Waals surface area contributed by atoms with Crippen LogP contribution in [0.15, 0.2) is 78.9 Å². The third-order valence-electron chi connectivity index (χ3n) is 4.68. The summed E-state index contributed by atoms with van der Waals surface area (Å²) in [6.07, 6.45) is 0. The first-order chi connectivity index (χ1) is 16.5. The summed E-state index contributed by atoms with van der Waals surface area (Å²) in [5.41, 5.74) is 1.24. The Kier molecular flexibility index (Phi) is 8.86. The molecule has 0 unspecified atom stereocenters. The quantitative estimate of drug-likeness (QED) is 0.341. The van der Waals surface area contributed by atoms with Crippen LogP contribution < -0.4 is 21.3 Å². The summed E-state index contributed by atoms with van der Waals surface area (Å²) in [5.74, 6) is -1.38. The van der Waals surface area contributed by atoms with Gasteiger partial charge in [-0.2, -0.15) is 0 Å². The van der Waals surface area contributed by atoms with Crippen LogP contribution in [-0.4, -0.2) is 54.8 Å². The van der Waals surface area contributed by atoms with Crippen molar-refractivity contribution in [3.05, 3.63) is 101 Å². The van der Waals surface area contributed by atoms with Crippen molar-refractivity contribution < 1.29 is 19.2 Å². The van der Waals surface area contributed by atoms with Gasteiger partial charge in [0.1, 0.15) is 11.4 Å². The lowest BCUT2D eigenvalue weighted by Gasteiger charge is -2.09. The van der Waals surface area contributed by atoms with Crippen LogP contribution in [0.5, 0.6) is 0 Å². The Morgan fingerprint density at radius 2 is 0.824 bits per heavy atom. The SMILES string of the molecule is O=C(NCCNC(=O)c1cccc(C(=O)NCCNC(=O)c2ccccc2)n1)c1ccccc1. The minimum absolute atomic E-state index is 0.0828. The number of carbonyl (C=O) groups is 4. The molecular formula is C25H25N5O4. The van der Waals surface area contributed by atoms with Crippen molar-refractivity contribution in [1.29, 1.82) is 0 Å². The maximum Gasteiger partial charge on any atom is 0.269 e. The number of carbonyl (C=O) groups excluding carboxylic acids is 4. The molecule has 0 saturated carbocycles. The van der Waals surface area contributed by atoms with Crippen LogP contribution in [0.3, 0.4) is 0 Å². The van der Waals surface area contributed by atoms with Crippen molar-refractivity contribution >= 4 is 23.6 Å². The predicted molar refractivity (Wildman–Crippen MR) is 126 cm³/mol. The highest BCUT2D eigenvalue weighted by Crippen LogP contribution is 2.01. The van der Waals surface area contributed by atoms with E-state index in [-0.39, 0.29) is 49.4 Å². The van der Waals surface area contributed by atoms with Crippen molar-refractivity contribution in [2.75, 3.05) is 26.2 Å². The highest BCUT2D eigenvalue weighted by atomic mass is 16.2. The van der Waals surface area contributed by atoms with Crippen molar-refractivity contribution in [3.8, 4) is 0 Å². The second-order valence-electron chi connectivity index (χ2n) is 7.16. The van der Waals surface area contributed by atoms with Gasteiger partial charge in [0.25, 0.3) is 23.6 Å². The van der Waals surface area contributed by atoms with Gasteiger partial charge < -0.3 is 21.3 Å². The first kappa shape index (κ1) is 24.1. The molecule has 174 valence electrons. The zero-order chi connectivity index (χ0) is 24.2. The number of benzene rings is 2. The molecule has 4 N–H and O–H groups in total. The lowest BCUT2D eigenvalue weighted by atomic mass is 10.2. The standard InChI is InChI=1S/C25H25N5O4/c31-22(18-8-3-1-4-9-18)26-14-16-28-24(33)20-12-7-13-21(30-20)25(34)29-17-15-27-23(32)19-10-5-2-6-11-19/h1-13H,14-17H2,(H,26,31)(H,27,32)(H,28,33)(H,29,34). The number of hydrogen-bond donors (Lipinski definition) is 4. The van der Waals surface area contributed by atoms with E-state index in [9.17, 15) is 19.2 Å². The monoisotopic (exact) mass is 459 g/mol. The van der Waals surface area contributed by atoms with Crippen LogP contribution in [-0.2, 0) is 0 Å². The fraction of sp³-hybridized carbons (Fsp3) is 0.160. The molecule has 4 amide bonds. The van der Waals surface area contributed by atoms with Gasteiger partial charge in [0.15, 0.2) is 0 Å². The van der Waals surface area contributed by atoms with E-state index in [1.54, 1.807) is 54.6 Å². The molecule has 1 heterocycles. The summed E-state index contributed by atoms with van der Waals surface area (Å²) in [6.45, 7) is 0.899. The molecule has 34 heavy (non-hydrogen) atoms. The summed E-state index contributed by atoms with van der Waals surface area (Å²) in [7, 11) is 0. The van der Waals surface area contributed by atoms with E-state index in [0.717, 1.165) is 0 Å². The Morgan fingerprint density at radius 3 is 1.21 bits per heavy atom. The van der Waals surface area contributed by atoms with Gasteiger partial charge in [-0.1, -0.05) is 42.5 Å². The van der Waals surface area contributed by atoms with E-state index in [1.165, 1.54) is 12.1 Å². The number of hydrogen-bond acceptors (Lipinski definition) is 5. The highest BCUT2D eigenvalue weighted by molar-refractivity contribution is 5.97. The number of nitrogens with zero attached hydrogens (tertiary/aromatic N) is 1. The van der Waals surface area contributed by atoms with Gasteiger partial charge in [-0.25, -0.2) is 4.98 Å². The molecular weight excluding hydrogens is 434 g/mol. The molecule has 0 spiro atoms. The molecule has 2 aromatic carbocycles. The number of aromatic nitrogens is 1. The molecule has 0 aliphatic carbocycles. The van der Waals surface area contributed by atoms with Crippen molar-refractivity contribution in [2.45, 2.75) is 0 Å². The van der Waals surface area contributed by atoms with Crippen molar-refractivity contribution in [3.63, 3.8) is 0 Å². The normalized spacial score (nSPS) is 10.1. The summed E-state index contributed by atoms with van der Waals surface area (Å²) >= 11 is 0. The predicted octanol–water partition coefficient (Wildman–Crippen LogP) is 1.40. The van der Waals surface area contributed by atoms with Gasteiger partial charge in [0.2, 0.25) is 0 Å². The minimum atomic E-state index is -0.460. The zero-order valence-electron chi connectivity index (χ0n) is 18.4. The van der Waals surface area contributed by atoms with Gasteiger partial charge >= 0.3 is 0 Å². The van der Waals surface area contributed by atoms with E-state index in [2.05, 4.69) is 26.3 Å². The molecule has 0 radical (unpaired) electrons. The third kappa shape index (κ3) is 7.27. The van der Waals surface area contributed by atoms with E-state index in [4.69, 9.17) is 0 Å². The van der Waals surface area contributed by atoms with E-state index < -0.39 is 11.8 Å². The topological polar surface area (TPSA) is 129 Å². The summed E-state index contributed by atoms with van der Waals surface area (Å²) < 4.78 is 0. The molecule has 3 rings (SSSR count). The first-order valence-electron chi connectivity index (χ1n) is 10.7. The maximum absolute atomic E-state index is 12.3. The van der Waals surface area contributed by atoms with Crippen molar-refractivity contribution in [1.82, 2.24) is 26.3 Å². The first-order valence-corrected chi connectivity index (χ1v) is 10.7. The van der Waals surface area contributed by atoms with E-state index in [1.807, 2.05) is 12.1 Å². The number of pyridine rings is 1. The van der Waals surface area contributed by atoms with Crippen LogP contribution in [0.25, 0.3) is 0 Å². The summed E-state index contributed by atoms with van der Waals surface area (Å²) in [4.78, 5) is 52.8. The van der Waals surface area contributed by atoms with Crippen LogP contribution in [0, 0.1) is 0 Å². The minimum Gasteiger partial charge on any atom is -0.350 e. The molecule has 3 aromatic rings. The van der Waals surface area contributed by atoms with E-state index in [0.29, 0.717) is 11.1 Å². The third-order valence-corrected chi connectivity index (χ3v) is 4.68. The zero-order valence-corrected chi connectivity index (χ0v) is 18.4. The molecule has 0 atom stereocenters. The highest BCUT2D eigenvalue weighted by Gasteiger charge is 2.12. The molecule has 9 heteroatoms. The smallest absolute Gasteiger partial charge is 0.269 e. The van der Waals surface area contributed by atoms with Gasteiger partial charge in [0, 0.05) is 37.3 Å². The van der Waals surface area contributed by atoms with Gasteiger partial charge in [-0.3, -0.25) is 19.2 Å². The molecule has 0 bridgehead atoms.